The van der Waals surface area contributed by atoms with Gasteiger partial charge in [0.25, 0.3) is 5.52 Å². The molecule has 6 nitrogen and oxygen atoms in total. The van der Waals surface area contributed by atoms with Crippen LogP contribution in [0.1, 0.15) is 51.4 Å². The quantitative estimate of drug-likeness (QED) is 0.271. The molecule has 0 aliphatic rings. The van der Waals surface area contributed by atoms with Gasteiger partial charge in [-0.3, -0.25) is 0 Å². The molecule has 5 aromatic rings. The van der Waals surface area contributed by atoms with Gasteiger partial charge in [0, 0.05) is 34.1 Å². The van der Waals surface area contributed by atoms with E-state index < -0.39 is 11.7 Å². The molecule has 0 fully saturated rings. The Morgan fingerprint density at radius 3 is 2.44 bits per heavy atom. The Bertz CT molecular complexity index is 1580. The molecule has 2 aromatic carbocycles. The van der Waals surface area contributed by atoms with Gasteiger partial charge in [0.15, 0.2) is 0 Å². The topological polar surface area (TPSA) is 57.5 Å². The third-order valence-corrected chi connectivity index (χ3v) is 6.30. The minimum atomic E-state index is -0.638. The molecule has 184 valence electrons. The molecular formula is C30H32N3O3+. The van der Waals surface area contributed by atoms with Gasteiger partial charge in [-0.25, -0.2) is 9.36 Å². The van der Waals surface area contributed by atoms with E-state index in [9.17, 15) is 4.79 Å². The summed E-state index contributed by atoms with van der Waals surface area (Å²) in [6, 6.07) is 20.1. The zero-order valence-electron chi connectivity index (χ0n) is 21.5. The van der Waals surface area contributed by atoms with Crippen LogP contribution in [0.5, 0.6) is 5.75 Å². The molecular weight excluding hydrogens is 450 g/mol. The summed E-state index contributed by atoms with van der Waals surface area (Å²) in [5, 5.41) is 6.80. The smallest absolute Gasteiger partial charge is 0.419 e. The second-order valence-corrected chi connectivity index (χ2v) is 10.0. The number of benzene rings is 2. The van der Waals surface area contributed by atoms with E-state index >= 15 is 0 Å². The number of carbonyl (C=O) groups excluding carboxylic acids is 1. The van der Waals surface area contributed by atoms with Gasteiger partial charge >= 0.3 is 6.09 Å². The van der Waals surface area contributed by atoms with E-state index in [1.165, 1.54) is 5.56 Å². The summed E-state index contributed by atoms with van der Waals surface area (Å²) < 4.78 is 15.5. The molecule has 0 atom stereocenters. The first-order valence-electron chi connectivity index (χ1n) is 12.5. The molecule has 6 heteroatoms. The third kappa shape index (κ3) is 4.39. The number of aromatic nitrogens is 3. The van der Waals surface area contributed by atoms with E-state index in [1.54, 1.807) is 4.57 Å². The van der Waals surface area contributed by atoms with Crippen molar-refractivity contribution in [3.8, 4) is 5.75 Å². The van der Waals surface area contributed by atoms with Crippen LogP contribution in [0.2, 0.25) is 0 Å². The van der Waals surface area contributed by atoms with Gasteiger partial charge in [0.2, 0.25) is 6.20 Å². The van der Waals surface area contributed by atoms with Crippen molar-refractivity contribution in [2.75, 3.05) is 0 Å². The van der Waals surface area contributed by atoms with Crippen molar-refractivity contribution in [1.82, 2.24) is 9.67 Å². The fourth-order valence-electron chi connectivity index (χ4n) is 4.64. The molecule has 5 rings (SSSR count). The molecule has 0 saturated carbocycles. The Morgan fingerprint density at radius 1 is 0.972 bits per heavy atom. The minimum absolute atomic E-state index is 0.423. The lowest BCUT2D eigenvalue weighted by Gasteiger charge is -2.20. The highest BCUT2D eigenvalue weighted by atomic mass is 16.6. The first kappa shape index (κ1) is 23.8. The van der Waals surface area contributed by atoms with Crippen molar-refractivity contribution in [2.24, 2.45) is 0 Å². The lowest BCUT2D eigenvalue weighted by atomic mass is 10.1. The van der Waals surface area contributed by atoms with Gasteiger partial charge in [-0.15, -0.1) is 0 Å². The highest BCUT2D eigenvalue weighted by Gasteiger charge is 2.27. The fraction of sp³-hybridized carbons (Fsp3) is 0.300. The number of aryl methyl sites for hydroxylation is 2. The summed E-state index contributed by atoms with van der Waals surface area (Å²) in [7, 11) is 0. The second-order valence-electron chi connectivity index (χ2n) is 10.0. The number of hydrogen-bond donors (Lipinski definition) is 0. The number of hydrogen-bond acceptors (Lipinski definition) is 4. The number of fused-ring (bicyclic) bond motifs is 5. The lowest BCUT2D eigenvalue weighted by molar-refractivity contribution is -0.580. The number of pyridine rings is 1. The predicted octanol–water partition coefficient (Wildman–Crippen LogP) is 6.42. The molecule has 0 aliphatic heterocycles. The highest BCUT2D eigenvalue weighted by molar-refractivity contribution is 6.16. The van der Waals surface area contributed by atoms with Crippen LogP contribution in [-0.2, 0) is 24.2 Å². The normalized spacial score (nSPS) is 11.9. The van der Waals surface area contributed by atoms with Crippen molar-refractivity contribution in [3.05, 3.63) is 83.7 Å². The first-order chi connectivity index (χ1) is 17.3. The zero-order chi connectivity index (χ0) is 25.4. The van der Waals surface area contributed by atoms with Gasteiger partial charge in [-0.1, -0.05) is 48.7 Å². The van der Waals surface area contributed by atoms with E-state index in [1.807, 2.05) is 86.1 Å². The zero-order valence-corrected chi connectivity index (χ0v) is 21.5. The number of rotatable bonds is 5. The monoisotopic (exact) mass is 482 g/mol. The molecule has 0 N–H and O–H groups in total. The van der Waals surface area contributed by atoms with Crippen molar-refractivity contribution < 1.29 is 18.8 Å². The van der Waals surface area contributed by atoms with Crippen LogP contribution in [0.25, 0.3) is 27.3 Å². The molecule has 0 unspecified atom stereocenters. The van der Waals surface area contributed by atoms with Crippen molar-refractivity contribution >= 4 is 33.4 Å². The first-order valence-corrected chi connectivity index (χ1v) is 12.5. The summed E-state index contributed by atoms with van der Waals surface area (Å²) in [5.74, 6) is 0.691. The average Bonchev–Trinajstić information content (AvgIpc) is 3.20. The van der Waals surface area contributed by atoms with Crippen LogP contribution in [0.4, 0.5) is 4.79 Å². The molecule has 3 heterocycles. The van der Waals surface area contributed by atoms with E-state index in [4.69, 9.17) is 14.6 Å². The third-order valence-electron chi connectivity index (χ3n) is 6.30. The maximum absolute atomic E-state index is 13.6. The molecule has 3 aromatic heterocycles. The van der Waals surface area contributed by atoms with Gasteiger partial charge in [0.05, 0.1) is 5.52 Å². The van der Waals surface area contributed by atoms with Crippen LogP contribution in [0, 0.1) is 0 Å². The van der Waals surface area contributed by atoms with Crippen LogP contribution >= 0.6 is 0 Å². The van der Waals surface area contributed by atoms with Crippen molar-refractivity contribution in [1.29, 1.82) is 0 Å². The molecule has 0 bridgehead atoms. The predicted molar refractivity (Wildman–Crippen MR) is 142 cm³/mol. The van der Waals surface area contributed by atoms with Crippen LogP contribution in [0.15, 0.2) is 66.9 Å². The van der Waals surface area contributed by atoms with Gasteiger partial charge in [-0.2, -0.15) is 0 Å². The average molecular weight is 483 g/mol. The Hall–Kier alpha value is -3.93. The summed E-state index contributed by atoms with van der Waals surface area (Å²) in [5.41, 5.74) is 5.08. The number of carbonyl (C=O) groups is 1. The number of ether oxygens (including phenoxy) is 2. The standard InChI is InChI=1S/C30H32N3O3/c1-6-21-17-27-28-24(15-16-32(27)31-25(21)7-2)23-14-13-22(35-19-20-11-9-8-10-12-20)18-26(23)33(28)29(34)36-30(3,4)5/h8-18H,6-7,19H2,1-5H3/q+1. The van der Waals surface area contributed by atoms with Gasteiger partial charge < -0.3 is 9.47 Å². The van der Waals surface area contributed by atoms with Crippen molar-refractivity contribution in [2.45, 2.75) is 59.7 Å². The van der Waals surface area contributed by atoms with Gasteiger partial charge in [-0.05, 0) is 56.9 Å². The fourth-order valence-corrected chi connectivity index (χ4v) is 4.64. The van der Waals surface area contributed by atoms with Crippen molar-refractivity contribution in [3.63, 3.8) is 0 Å². The minimum Gasteiger partial charge on any atom is -0.489 e. The van der Waals surface area contributed by atoms with E-state index in [0.717, 1.165) is 51.4 Å². The SMILES string of the molecule is CCc1cc2c3c(cc[n+]2nc1CC)c1ccc(OCc2ccccc2)cc1n3C(=O)OC(C)(C)C. The molecule has 0 saturated heterocycles. The summed E-state index contributed by atoms with van der Waals surface area (Å²) in [4.78, 5) is 13.6. The lowest BCUT2D eigenvalue weighted by Crippen LogP contribution is -2.31. The molecule has 36 heavy (non-hydrogen) atoms. The Balaban J connectivity index is 1.74. The second kappa shape index (κ2) is 9.26. The van der Waals surface area contributed by atoms with Crippen LogP contribution < -0.4 is 9.25 Å². The molecule has 0 amide bonds. The van der Waals surface area contributed by atoms with Gasteiger partial charge in [0.1, 0.15) is 29.2 Å². The van der Waals surface area contributed by atoms with Crippen LogP contribution in [-0.4, -0.2) is 21.4 Å². The summed E-state index contributed by atoms with van der Waals surface area (Å²) >= 11 is 0. The Kier molecular flexibility index (Phi) is 6.12. The van der Waals surface area contributed by atoms with Crippen LogP contribution in [0.3, 0.4) is 0 Å². The van der Waals surface area contributed by atoms with E-state index in [0.29, 0.717) is 12.4 Å². The highest BCUT2D eigenvalue weighted by Crippen LogP contribution is 2.34. The Morgan fingerprint density at radius 2 is 1.75 bits per heavy atom. The maximum Gasteiger partial charge on any atom is 0.419 e. The number of nitrogens with zero attached hydrogens (tertiary/aromatic N) is 3. The molecule has 0 spiro atoms. The van der Waals surface area contributed by atoms with E-state index in [2.05, 4.69) is 19.9 Å². The Labute approximate surface area is 211 Å². The largest absolute Gasteiger partial charge is 0.489 e. The van der Waals surface area contributed by atoms with E-state index in [-0.39, 0.29) is 0 Å². The summed E-state index contributed by atoms with van der Waals surface area (Å²) in [6.07, 6.45) is 3.26. The summed E-state index contributed by atoms with van der Waals surface area (Å²) in [6.45, 7) is 10.3. The maximum atomic E-state index is 13.6. The molecule has 0 radical (unpaired) electrons. The molecule has 0 aliphatic carbocycles.